The summed E-state index contributed by atoms with van der Waals surface area (Å²) in [4.78, 5) is 7.12. The van der Waals surface area contributed by atoms with Gasteiger partial charge in [-0.25, -0.2) is 0 Å². The van der Waals surface area contributed by atoms with Crippen molar-refractivity contribution in [3.8, 4) is 0 Å². The van der Waals surface area contributed by atoms with E-state index in [0.717, 1.165) is 25.4 Å². The fourth-order valence-electron chi connectivity index (χ4n) is 2.61. The number of rotatable bonds is 6. The number of nitrogens with one attached hydrogen (secondary N) is 1. The summed E-state index contributed by atoms with van der Waals surface area (Å²) in [6, 6.07) is 0.523. The third-order valence-corrected chi connectivity index (χ3v) is 4.06. The van der Waals surface area contributed by atoms with Crippen LogP contribution in [0.1, 0.15) is 47.0 Å². The van der Waals surface area contributed by atoms with Crippen molar-refractivity contribution in [1.82, 2.24) is 10.2 Å². The molecule has 0 radical (unpaired) electrons. The van der Waals surface area contributed by atoms with Crippen molar-refractivity contribution in [1.29, 1.82) is 0 Å². The van der Waals surface area contributed by atoms with Gasteiger partial charge in [0.25, 0.3) is 0 Å². The van der Waals surface area contributed by atoms with Crippen LogP contribution in [0.25, 0.3) is 0 Å². The molecule has 0 aromatic heterocycles. The molecule has 0 amide bonds. The van der Waals surface area contributed by atoms with Crippen LogP contribution in [0.15, 0.2) is 4.99 Å². The summed E-state index contributed by atoms with van der Waals surface area (Å²) in [5, 5.41) is 3.15. The molecule has 1 saturated heterocycles. The summed E-state index contributed by atoms with van der Waals surface area (Å²) < 4.78 is 0. The Labute approximate surface area is 142 Å². The molecule has 120 valence electrons. The van der Waals surface area contributed by atoms with Crippen LogP contribution in [0.4, 0.5) is 0 Å². The number of nitrogens with two attached hydrogens (primary N) is 1. The number of hydrogen-bond donors (Lipinski definition) is 2. The molecule has 0 spiro atoms. The number of piperidine rings is 1. The van der Waals surface area contributed by atoms with Gasteiger partial charge in [-0.1, -0.05) is 27.7 Å². The molecule has 0 aliphatic carbocycles. The zero-order valence-corrected chi connectivity index (χ0v) is 15.9. The van der Waals surface area contributed by atoms with Crippen molar-refractivity contribution in [3.05, 3.63) is 0 Å². The summed E-state index contributed by atoms with van der Waals surface area (Å²) in [5.74, 6) is 2.10. The van der Waals surface area contributed by atoms with Crippen LogP contribution < -0.4 is 11.1 Å². The van der Waals surface area contributed by atoms with Crippen molar-refractivity contribution >= 4 is 29.9 Å². The number of halogens is 1. The molecular weight excluding hydrogens is 363 g/mol. The Morgan fingerprint density at radius 1 is 1.35 bits per heavy atom. The van der Waals surface area contributed by atoms with E-state index in [0.29, 0.717) is 17.9 Å². The molecule has 5 heteroatoms. The number of nitrogens with zero attached hydrogens (tertiary/aromatic N) is 2. The third kappa shape index (κ3) is 7.11. The summed E-state index contributed by atoms with van der Waals surface area (Å²) >= 11 is 0. The summed E-state index contributed by atoms with van der Waals surface area (Å²) in [7, 11) is 0. The van der Waals surface area contributed by atoms with Gasteiger partial charge in [-0.15, -0.1) is 24.0 Å². The lowest BCUT2D eigenvalue weighted by atomic mass is 9.94. The Hall–Kier alpha value is -0.0400. The van der Waals surface area contributed by atoms with Gasteiger partial charge in [0.05, 0.1) is 6.54 Å². The molecule has 0 aromatic carbocycles. The highest BCUT2D eigenvalue weighted by Gasteiger charge is 2.25. The molecule has 1 atom stereocenters. The minimum Gasteiger partial charge on any atom is -0.370 e. The molecule has 0 saturated carbocycles. The van der Waals surface area contributed by atoms with Gasteiger partial charge < -0.3 is 11.1 Å². The quantitative estimate of drug-likeness (QED) is 0.412. The summed E-state index contributed by atoms with van der Waals surface area (Å²) in [6.45, 7) is 13.2. The molecule has 20 heavy (non-hydrogen) atoms. The van der Waals surface area contributed by atoms with E-state index in [2.05, 4.69) is 42.9 Å². The SMILES string of the molecule is CCCNC(N)=NCC(C(C)C)N1CCC(C)CC1.I. The monoisotopic (exact) mass is 396 g/mol. The highest BCUT2D eigenvalue weighted by molar-refractivity contribution is 14.0. The summed E-state index contributed by atoms with van der Waals surface area (Å²) in [5.41, 5.74) is 5.88. The molecule has 0 bridgehead atoms. The predicted octanol–water partition coefficient (Wildman–Crippen LogP) is 2.68. The maximum Gasteiger partial charge on any atom is 0.188 e. The second-order valence-electron chi connectivity index (χ2n) is 6.18. The normalized spacial score (nSPS) is 19.8. The summed E-state index contributed by atoms with van der Waals surface area (Å²) in [6.07, 6.45) is 3.71. The van der Waals surface area contributed by atoms with Gasteiger partial charge in [0.2, 0.25) is 0 Å². The Kier molecular flexibility index (Phi) is 10.6. The molecule has 0 aromatic rings. The Bertz CT molecular complexity index is 273. The largest absolute Gasteiger partial charge is 0.370 e. The fraction of sp³-hybridized carbons (Fsp3) is 0.933. The van der Waals surface area contributed by atoms with Crippen molar-refractivity contribution in [2.75, 3.05) is 26.2 Å². The van der Waals surface area contributed by atoms with E-state index >= 15 is 0 Å². The molecule has 1 aliphatic rings. The van der Waals surface area contributed by atoms with E-state index < -0.39 is 0 Å². The van der Waals surface area contributed by atoms with E-state index in [1.54, 1.807) is 0 Å². The molecule has 4 nitrogen and oxygen atoms in total. The van der Waals surface area contributed by atoms with Gasteiger partial charge >= 0.3 is 0 Å². The fourth-order valence-corrected chi connectivity index (χ4v) is 2.61. The van der Waals surface area contributed by atoms with Crippen LogP contribution >= 0.6 is 24.0 Å². The lowest BCUT2D eigenvalue weighted by Gasteiger charge is -2.38. The Balaban J connectivity index is 0.00000361. The van der Waals surface area contributed by atoms with Crippen molar-refractivity contribution in [2.24, 2.45) is 22.6 Å². The van der Waals surface area contributed by atoms with Crippen molar-refractivity contribution < 1.29 is 0 Å². The number of guanidine groups is 1. The van der Waals surface area contributed by atoms with E-state index in [4.69, 9.17) is 5.73 Å². The maximum absolute atomic E-state index is 5.88. The molecular formula is C15H33IN4. The lowest BCUT2D eigenvalue weighted by Crippen LogP contribution is -2.46. The van der Waals surface area contributed by atoms with Crippen molar-refractivity contribution in [3.63, 3.8) is 0 Å². The number of hydrogen-bond acceptors (Lipinski definition) is 2. The smallest absolute Gasteiger partial charge is 0.188 e. The minimum atomic E-state index is 0. The molecule has 1 rings (SSSR count). The Morgan fingerprint density at radius 3 is 2.45 bits per heavy atom. The maximum atomic E-state index is 5.88. The molecule has 1 fully saturated rings. The highest BCUT2D eigenvalue weighted by atomic mass is 127. The van der Waals surface area contributed by atoms with E-state index in [1.165, 1.54) is 25.9 Å². The van der Waals surface area contributed by atoms with Crippen LogP contribution in [0, 0.1) is 11.8 Å². The van der Waals surface area contributed by atoms with E-state index in [1.807, 2.05) is 0 Å². The average molecular weight is 396 g/mol. The number of aliphatic imine (C=N–C) groups is 1. The van der Waals surface area contributed by atoms with Gasteiger partial charge in [-0.3, -0.25) is 9.89 Å². The van der Waals surface area contributed by atoms with Gasteiger partial charge in [-0.05, 0) is 44.2 Å². The van der Waals surface area contributed by atoms with Gasteiger partial charge in [-0.2, -0.15) is 0 Å². The van der Waals surface area contributed by atoms with E-state index in [-0.39, 0.29) is 24.0 Å². The lowest BCUT2D eigenvalue weighted by molar-refractivity contribution is 0.113. The average Bonchev–Trinajstić information content (AvgIpc) is 2.38. The molecule has 3 N–H and O–H groups in total. The predicted molar refractivity (Wildman–Crippen MR) is 98.8 cm³/mol. The topological polar surface area (TPSA) is 53.6 Å². The van der Waals surface area contributed by atoms with Crippen LogP contribution in [0.2, 0.25) is 0 Å². The standard InChI is InChI=1S/C15H32N4.HI/c1-5-8-17-15(16)18-11-14(12(2)3)19-9-6-13(4)7-10-19;/h12-14H,5-11H2,1-4H3,(H3,16,17,18);1H. The third-order valence-electron chi connectivity index (χ3n) is 4.06. The van der Waals surface area contributed by atoms with Crippen molar-refractivity contribution in [2.45, 2.75) is 53.0 Å². The van der Waals surface area contributed by atoms with Crippen LogP contribution in [-0.4, -0.2) is 43.1 Å². The zero-order chi connectivity index (χ0) is 14.3. The highest BCUT2D eigenvalue weighted by Crippen LogP contribution is 2.21. The van der Waals surface area contributed by atoms with Crippen LogP contribution in [0.5, 0.6) is 0 Å². The first-order valence-electron chi connectivity index (χ1n) is 7.82. The second kappa shape index (κ2) is 10.7. The number of likely N-dealkylation sites (tertiary alicyclic amines) is 1. The minimum absolute atomic E-state index is 0. The van der Waals surface area contributed by atoms with E-state index in [9.17, 15) is 0 Å². The van der Waals surface area contributed by atoms with Crippen LogP contribution in [-0.2, 0) is 0 Å². The van der Waals surface area contributed by atoms with Crippen LogP contribution in [0.3, 0.4) is 0 Å². The van der Waals surface area contributed by atoms with Gasteiger partial charge in [0.1, 0.15) is 0 Å². The first-order valence-corrected chi connectivity index (χ1v) is 7.82. The van der Waals surface area contributed by atoms with Gasteiger partial charge in [0, 0.05) is 12.6 Å². The second-order valence-corrected chi connectivity index (χ2v) is 6.18. The zero-order valence-electron chi connectivity index (χ0n) is 13.6. The first-order chi connectivity index (χ1) is 9.04. The molecule has 1 aliphatic heterocycles. The molecule has 1 heterocycles. The Morgan fingerprint density at radius 2 is 1.95 bits per heavy atom. The van der Waals surface area contributed by atoms with Gasteiger partial charge in [0.15, 0.2) is 5.96 Å². The molecule has 1 unspecified atom stereocenters. The first kappa shape index (κ1) is 20.0.